The van der Waals surface area contributed by atoms with Crippen molar-refractivity contribution >= 4 is 70.6 Å². The van der Waals surface area contributed by atoms with Crippen LogP contribution < -0.4 is 66.6 Å². The number of carbonyl (C=O) groups is 8. The Morgan fingerprint density at radius 2 is 1.05 bits per heavy atom. The number of nitrogens with two attached hydrogens (primary N) is 1. The number of phenols is 4. The van der Waals surface area contributed by atoms with Gasteiger partial charge in [0.1, 0.15) is 125 Å². The molecule has 110 heavy (non-hydrogen) atoms. The van der Waals surface area contributed by atoms with E-state index in [-0.39, 0.29) is 28.2 Å². The van der Waals surface area contributed by atoms with Gasteiger partial charge in [0.05, 0.1) is 22.7 Å². The largest absolute Gasteiger partial charge is 0.508 e. The fourth-order valence-corrected chi connectivity index (χ4v) is 13.9. The number of benzene rings is 7. The number of aliphatic hydroxyl groups is 8. The van der Waals surface area contributed by atoms with Crippen molar-refractivity contribution in [1.29, 1.82) is 0 Å². The summed E-state index contributed by atoms with van der Waals surface area (Å²) in [6, 6.07) is 1.88. The van der Waals surface area contributed by atoms with Crippen molar-refractivity contribution < 1.29 is 143 Å². The SMILES string of the molecule is CNC1C(=O)NC2C(=O)NC(C(=O)NC3C(=O)NC4C(=O)NC(C(=O)NC(C(=O)O)c5cc(O)cc(OC6OC(CO)C(O)C(O)C6O)c5-c5c(O)cccc54)C(O)c4ccc(c(Cl)c4)Oc4cc3cc(c4OC3OC(C(=O)O)C(O)C(O)C3N)Oc3ccc(cc3Cl)C2O)c2cc(O)cc(c2)Oc2cc1ccc2O. The maximum atomic E-state index is 16.6. The number of carboxylic acids is 2. The maximum absolute atomic E-state index is 16.6. The highest BCUT2D eigenvalue weighted by Crippen LogP contribution is 2.51. The number of nitrogens with one attached hydrogen (secondary N) is 7. The zero-order valence-electron chi connectivity index (χ0n) is 56.4. The number of likely N-dealkylation sites (N-methyl/N-ethyl adjacent to an activating group) is 1. The molecule has 8 heterocycles. The molecule has 0 spiro atoms. The van der Waals surface area contributed by atoms with Gasteiger partial charge in [-0.25, -0.2) is 9.59 Å². The predicted molar refractivity (Wildman–Crippen MR) is 369 cm³/mol. The first-order valence-electron chi connectivity index (χ1n) is 33.2. The van der Waals surface area contributed by atoms with Gasteiger partial charge < -0.3 is 148 Å². The Kier molecular flexibility index (Phi) is 21.3. The number of phenolic OH excluding ortho intramolecular Hbond substituents is 4. The van der Waals surface area contributed by atoms with Crippen LogP contribution in [0, 0.1) is 0 Å². The molecule has 2 saturated heterocycles. The van der Waals surface area contributed by atoms with Crippen molar-refractivity contribution in [3.63, 3.8) is 0 Å². The molecule has 7 aromatic carbocycles. The topological polar surface area (TPSA) is 595 Å². The van der Waals surface area contributed by atoms with Gasteiger partial charge in [-0.2, -0.15) is 0 Å². The first-order chi connectivity index (χ1) is 52.3. The average molecular weight is 1570 g/mol. The summed E-state index contributed by atoms with van der Waals surface area (Å²) >= 11 is 14.1. The molecule has 19 atom stereocenters. The van der Waals surface area contributed by atoms with Crippen LogP contribution in [0.2, 0.25) is 10.0 Å². The van der Waals surface area contributed by atoms with Crippen LogP contribution in [0.3, 0.4) is 0 Å². The molecule has 37 nitrogen and oxygen atoms in total. The number of amides is 6. The van der Waals surface area contributed by atoms with E-state index in [2.05, 4.69) is 37.2 Å². The van der Waals surface area contributed by atoms with Gasteiger partial charge in [-0.3, -0.25) is 28.8 Å². The summed E-state index contributed by atoms with van der Waals surface area (Å²) in [5.41, 5.74) is 1.99. The summed E-state index contributed by atoms with van der Waals surface area (Å²) in [7, 11) is 1.35. The van der Waals surface area contributed by atoms with Crippen LogP contribution in [0.5, 0.6) is 69.0 Å². The number of aliphatic hydroxyl groups excluding tert-OH is 8. The number of aliphatic carboxylic acids is 2. The molecular formula is C71H66Cl2N8O29. The van der Waals surface area contributed by atoms with E-state index >= 15 is 24.0 Å². The van der Waals surface area contributed by atoms with Crippen LogP contribution in [0.25, 0.3) is 11.1 Å². The van der Waals surface area contributed by atoms with Crippen LogP contribution in [0.15, 0.2) is 115 Å². The first-order valence-corrected chi connectivity index (χ1v) is 34.0. The highest BCUT2D eigenvalue weighted by atomic mass is 35.5. The van der Waals surface area contributed by atoms with Gasteiger partial charge in [-0.15, -0.1) is 0 Å². The number of rotatable bonds is 8. The highest BCUT2D eigenvalue weighted by Gasteiger charge is 2.50. The van der Waals surface area contributed by atoms with Gasteiger partial charge in [0.25, 0.3) is 0 Å². The normalized spacial score (nSPS) is 28.8. The second-order valence-electron chi connectivity index (χ2n) is 26.1. The molecule has 15 bridgehead atoms. The lowest BCUT2D eigenvalue weighted by Crippen LogP contribution is -2.64. The molecule has 8 aliphatic rings. The van der Waals surface area contributed by atoms with Gasteiger partial charge in [-0.05, 0) is 113 Å². The number of aromatic hydroxyl groups is 4. The van der Waals surface area contributed by atoms with E-state index in [0.717, 1.165) is 103 Å². The van der Waals surface area contributed by atoms with Crippen molar-refractivity contribution in [1.82, 2.24) is 37.2 Å². The zero-order valence-corrected chi connectivity index (χ0v) is 57.9. The fourth-order valence-electron chi connectivity index (χ4n) is 13.4. The van der Waals surface area contributed by atoms with Crippen LogP contribution >= 0.6 is 23.2 Å². The molecule has 23 N–H and O–H groups in total. The minimum atomic E-state index is -2.53. The third-order valence-electron chi connectivity index (χ3n) is 19.0. The molecular weight excluding hydrogens is 1500 g/mol. The molecule has 8 aliphatic heterocycles. The molecule has 6 amide bonds. The van der Waals surface area contributed by atoms with Gasteiger partial charge in [0.15, 0.2) is 35.1 Å². The molecule has 15 rings (SSSR count). The summed E-state index contributed by atoms with van der Waals surface area (Å²) in [6.07, 6.45) is -23.6. The van der Waals surface area contributed by atoms with Crippen molar-refractivity contribution in [2.45, 2.75) is 116 Å². The van der Waals surface area contributed by atoms with Crippen molar-refractivity contribution in [2.75, 3.05) is 13.7 Å². The Balaban J connectivity index is 1.09. The van der Waals surface area contributed by atoms with Crippen molar-refractivity contribution in [3.8, 4) is 80.1 Å². The number of halogens is 2. The zero-order chi connectivity index (χ0) is 78.9. The van der Waals surface area contributed by atoms with E-state index < -0.39 is 271 Å². The Bertz CT molecular complexity index is 4900. The van der Waals surface area contributed by atoms with Crippen LogP contribution in [-0.4, -0.2) is 206 Å². The predicted octanol–water partition coefficient (Wildman–Crippen LogP) is -0.259. The highest BCUT2D eigenvalue weighted by molar-refractivity contribution is 6.32. The standard InChI is InChI=1S/C71H66Cl2N8O29/c1-75-46-22-5-8-34(85)38(15-22)104-29-12-25(11-27(83)18-29)47-63(95)76-48-26-16-40(105-36-9-6-23(13-32(36)72)53(87)51(66(98)77-47)80-62(46)94)60(109-70-45(74)56(90)58(92)61(110-70)69(102)103)41(17-26)106-37-10-7-24(14-33(37)73)54(88)52-67(99)79-50(68(100)101)31-19-28(84)20-39(107-71-59(93)57(91)55(89)42(21-82)108-71)44(31)43-30(3-2-4-35(43)86)49(65(97)81-52)78-64(48)96/h2-20,42,45-59,61,70-71,75,82-93H,21,74H2,1H3,(H,76,95)(H,77,98)(H,78,96)(H,79,99)(H,80,94)(H,81,97)(H,100,101)(H,102,103). The van der Waals surface area contributed by atoms with Crippen LogP contribution in [-0.2, 0) is 47.8 Å². The Morgan fingerprint density at radius 3 is 1.65 bits per heavy atom. The van der Waals surface area contributed by atoms with Crippen molar-refractivity contribution in [3.05, 3.63) is 164 Å². The van der Waals surface area contributed by atoms with Gasteiger partial charge in [-0.1, -0.05) is 53.5 Å². The summed E-state index contributed by atoms with van der Waals surface area (Å²) in [6.45, 7) is -1.02. The maximum Gasteiger partial charge on any atom is 0.335 e. The summed E-state index contributed by atoms with van der Waals surface area (Å²) in [5.74, 6) is -20.2. The Labute approximate surface area is 627 Å². The number of carbonyl (C=O) groups excluding carboxylic acids is 6. The summed E-state index contributed by atoms with van der Waals surface area (Å²) in [4.78, 5) is 121. The summed E-state index contributed by atoms with van der Waals surface area (Å²) < 4.78 is 42.9. The number of hydrogen-bond acceptors (Lipinski definition) is 29. The monoisotopic (exact) mass is 1560 g/mol. The van der Waals surface area contributed by atoms with Crippen molar-refractivity contribution in [2.24, 2.45) is 5.73 Å². The van der Waals surface area contributed by atoms with E-state index in [0.29, 0.717) is 0 Å². The van der Waals surface area contributed by atoms with Gasteiger partial charge >= 0.3 is 11.9 Å². The lowest BCUT2D eigenvalue weighted by atomic mass is 9.87. The molecule has 0 aromatic heterocycles. The van der Waals surface area contributed by atoms with Gasteiger partial charge in [0, 0.05) is 28.8 Å². The first kappa shape index (κ1) is 76.8. The third kappa shape index (κ3) is 14.6. The van der Waals surface area contributed by atoms with Crippen LogP contribution in [0.4, 0.5) is 0 Å². The van der Waals surface area contributed by atoms with E-state index in [4.69, 9.17) is 62.1 Å². The molecule has 39 heteroatoms. The van der Waals surface area contributed by atoms with Gasteiger partial charge in [0.2, 0.25) is 53.8 Å². The van der Waals surface area contributed by atoms with E-state index in [1.54, 1.807) is 0 Å². The molecule has 0 aliphatic carbocycles. The minimum absolute atomic E-state index is 0.102. The lowest BCUT2D eigenvalue weighted by Gasteiger charge is -2.40. The third-order valence-corrected chi connectivity index (χ3v) is 19.6. The molecule has 19 unspecified atom stereocenters. The minimum Gasteiger partial charge on any atom is -0.508 e. The van der Waals surface area contributed by atoms with Crippen LogP contribution in [0.1, 0.15) is 81.4 Å². The fraction of sp³-hybridized carbons (Fsp3) is 0.296. The second kappa shape index (κ2) is 30.6. The van der Waals surface area contributed by atoms with E-state index in [9.17, 15) is 85.9 Å². The molecule has 0 saturated carbocycles. The number of ether oxygens (including phenoxy) is 7. The number of carboxylic acid groups (broad SMARTS) is 2. The molecule has 578 valence electrons. The lowest BCUT2D eigenvalue weighted by molar-refractivity contribution is -0.277. The average Bonchev–Trinajstić information content (AvgIpc) is 1.41. The Hall–Kier alpha value is -11.4. The molecule has 0 radical (unpaired) electrons. The quantitative estimate of drug-likeness (QED) is 0.0932. The van der Waals surface area contributed by atoms with E-state index in [1.807, 2.05) is 0 Å². The molecule has 2 fully saturated rings. The number of fused-ring (bicyclic) bond motifs is 13. The smallest absolute Gasteiger partial charge is 0.335 e. The second-order valence-corrected chi connectivity index (χ2v) is 26.9. The number of hydrogen-bond donors (Lipinski definition) is 22. The Morgan fingerprint density at radius 1 is 0.491 bits per heavy atom. The summed E-state index contributed by atoms with van der Waals surface area (Å²) in [5, 5.41) is 175. The van der Waals surface area contributed by atoms with E-state index in [1.165, 1.54) is 19.2 Å². The molecule has 7 aromatic rings.